The molecule has 0 radical (unpaired) electrons. The Morgan fingerprint density at radius 1 is 0.931 bits per heavy atom. The summed E-state index contributed by atoms with van der Waals surface area (Å²) in [6, 6.07) is 26.4. The number of halogens is 1. The van der Waals surface area contributed by atoms with Crippen LogP contribution in [0.25, 0.3) is 11.3 Å². The van der Waals surface area contributed by atoms with Crippen molar-refractivity contribution >= 4 is 46.0 Å². The number of hydrogen-bond acceptors (Lipinski definition) is 5. The highest BCUT2D eigenvalue weighted by Crippen LogP contribution is 2.31. The summed E-state index contributed by atoms with van der Waals surface area (Å²) in [4.78, 5) is 7.16. The first-order valence-electron chi connectivity index (χ1n) is 8.99. The maximum atomic E-state index is 5.92. The van der Waals surface area contributed by atoms with Gasteiger partial charge in [0.05, 0.1) is 11.9 Å². The van der Waals surface area contributed by atoms with Crippen molar-refractivity contribution in [1.29, 1.82) is 0 Å². The van der Waals surface area contributed by atoms with Crippen LogP contribution in [0.3, 0.4) is 0 Å². The molecule has 0 atom stereocenters. The van der Waals surface area contributed by atoms with Gasteiger partial charge in [-0.1, -0.05) is 65.8 Å². The minimum atomic E-state index is 0.716. The van der Waals surface area contributed by atoms with E-state index in [1.807, 2.05) is 37.4 Å². The van der Waals surface area contributed by atoms with Crippen LogP contribution in [0, 0.1) is 0 Å². The molecule has 4 aromatic rings. The van der Waals surface area contributed by atoms with Crippen LogP contribution >= 0.6 is 34.7 Å². The molecule has 144 valence electrons. The number of benzene rings is 3. The first-order chi connectivity index (χ1) is 14.2. The van der Waals surface area contributed by atoms with Crippen LogP contribution in [0.15, 0.2) is 99.1 Å². The van der Waals surface area contributed by atoms with Crippen LogP contribution in [-0.2, 0) is 0 Å². The Bertz CT molecular complexity index is 1090. The fourth-order valence-corrected chi connectivity index (χ4v) is 4.34. The van der Waals surface area contributed by atoms with E-state index in [0.29, 0.717) is 5.02 Å². The topological polar surface area (TPSA) is 28.5 Å². The molecule has 0 amide bonds. The van der Waals surface area contributed by atoms with E-state index in [0.717, 1.165) is 22.0 Å². The van der Waals surface area contributed by atoms with Crippen LogP contribution in [0.5, 0.6) is 0 Å². The lowest BCUT2D eigenvalue weighted by molar-refractivity contribution is 1.01. The summed E-state index contributed by atoms with van der Waals surface area (Å²) in [7, 11) is 1.90. The first-order valence-corrected chi connectivity index (χ1v) is 11.1. The van der Waals surface area contributed by atoms with Gasteiger partial charge in [0.2, 0.25) is 5.13 Å². The molecule has 0 aliphatic rings. The van der Waals surface area contributed by atoms with E-state index in [1.165, 1.54) is 9.79 Å². The summed E-state index contributed by atoms with van der Waals surface area (Å²) < 4.78 is 0. The first kappa shape index (κ1) is 19.7. The summed E-state index contributed by atoms with van der Waals surface area (Å²) in [5, 5.41) is 9.87. The van der Waals surface area contributed by atoms with E-state index >= 15 is 0 Å². The number of thiazole rings is 1. The van der Waals surface area contributed by atoms with E-state index in [1.54, 1.807) is 34.3 Å². The predicted octanol–water partition coefficient (Wildman–Crippen LogP) is 7.09. The van der Waals surface area contributed by atoms with Gasteiger partial charge in [-0.2, -0.15) is 5.10 Å². The predicted molar refractivity (Wildman–Crippen MR) is 126 cm³/mol. The van der Waals surface area contributed by atoms with Crippen molar-refractivity contribution in [2.24, 2.45) is 5.10 Å². The molecule has 0 N–H and O–H groups in total. The summed E-state index contributed by atoms with van der Waals surface area (Å²) in [5.41, 5.74) is 3.04. The third-order valence-corrected chi connectivity index (χ3v) is 6.32. The van der Waals surface area contributed by atoms with E-state index in [9.17, 15) is 0 Å². The normalized spacial score (nSPS) is 11.1. The lowest BCUT2D eigenvalue weighted by Crippen LogP contribution is -2.08. The Hall–Kier alpha value is -2.60. The standard InChI is InChI=1S/C23H18ClN3S2/c1-27(25-15-17-7-11-19(24)12-8-17)23-26-22(16-28-23)18-9-13-21(14-10-18)29-20-5-3-2-4-6-20/h2-16H,1H3/b25-15+. The molecule has 1 aromatic heterocycles. The van der Waals surface area contributed by atoms with Gasteiger partial charge >= 0.3 is 0 Å². The molecular weight excluding hydrogens is 418 g/mol. The van der Waals surface area contributed by atoms with Gasteiger partial charge in [0, 0.05) is 32.8 Å². The van der Waals surface area contributed by atoms with Crippen molar-refractivity contribution in [2.45, 2.75) is 9.79 Å². The quantitative estimate of drug-likeness (QED) is 0.239. The van der Waals surface area contributed by atoms with Gasteiger partial charge in [-0.25, -0.2) is 9.99 Å². The molecule has 0 bridgehead atoms. The molecule has 0 fully saturated rings. The number of rotatable bonds is 6. The van der Waals surface area contributed by atoms with Crippen LogP contribution in [0.4, 0.5) is 5.13 Å². The van der Waals surface area contributed by atoms with E-state index in [-0.39, 0.29) is 0 Å². The largest absolute Gasteiger partial charge is 0.242 e. The lowest BCUT2D eigenvalue weighted by atomic mass is 10.2. The highest BCUT2D eigenvalue weighted by atomic mass is 35.5. The summed E-state index contributed by atoms with van der Waals surface area (Å²) in [5.74, 6) is 0. The second-order valence-corrected chi connectivity index (χ2v) is 8.69. The zero-order chi connectivity index (χ0) is 20.1. The number of nitrogens with zero attached hydrogens (tertiary/aromatic N) is 3. The molecular formula is C23H18ClN3S2. The van der Waals surface area contributed by atoms with Crippen LogP contribution < -0.4 is 5.01 Å². The SMILES string of the molecule is CN(/N=C/c1ccc(Cl)cc1)c1nc(-c2ccc(Sc3ccccc3)cc2)cs1. The van der Waals surface area contributed by atoms with Gasteiger partial charge in [-0.3, -0.25) is 0 Å². The maximum absolute atomic E-state index is 5.92. The van der Waals surface area contributed by atoms with Gasteiger partial charge in [-0.15, -0.1) is 11.3 Å². The molecule has 29 heavy (non-hydrogen) atoms. The lowest BCUT2D eigenvalue weighted by Gasteiger charge is -2.08. The third-order valence-electron chi connectivity index (χ3n) is 4.15. The minimum absolute atomic E-state index is 0.716. The fraction of sp³-hybridized carbons (Fsp3) is 0.0435. The zero-order valence-corrected chi connectivity index (χ0v) is 18.1. The van der Waals surface area contributed by atoms with Gasteiger partial charge < -0.3 is 0 Å². The smallest absolute Gasteiger partial charge is 0.206 e. The van der Waals surface area contributed by atoms with Gasteiger partial charge in [0.1, 0.15) is 0 Å². The van der Waals surface area contributed by atoms with Gasteiger partial charge in [0.25, 0.3) is 0 Å². The molecule has 4 rings (SSSR count). The van der Waals surface area contributed by atoms with Crippen molar-refractivity contribution in [2.75, 3.05) is 12.1 Å². The fourth-order valence-electron chi connectivity index (χ4n) is 2.62. The average molecular weight is 436 g/mol. The van der Waals surface area contributed by atoms with Crippen molar-refractivity contribution in [3.63, 3.8) is 0 Å². The molecule has 0 aliphatic carbocycles. The van der Waals surface area contributed by atoms with E-state index < -0.39 is 0 Å². The molecule has 0 spiro atoms. The van der Waals surface area contributed by atoms with Crippen LogP contribution in [0.1, 0.15) is 5.56 Å². The molecule has 0 unspecified atom stereocenters. The zero-order valence-electron chi connectivity index (χ0n) is 15.7. The highest BCUT2D eigenvalue weighted by Gasteiger charge is 2.08. The Balaban J connectivity index is 1.43. The van der Waals surface area contributed by atoms with Crippen molar-refractivity contribution < 1.29 is 0 Å². The number of anilines is 1. The molecule has 6 heteroatoms. The summed E-state index contributed by atoms with van der Waals surface area (Å²) in [6.45, 7) is 0. The summed E-state index contributed by atoms with van der Waals surface area (Å²) >= 11 is 9.24. The van der Waals surface area contributed by atoms with Crippen molar-refractivity contribution in [3.05, 3.63) is 94.8 Å². The second-order valence-electron chi connectivity index (χ2n) is 6.27. The van der Waals surface area contributed by atoms with Gasteiger partial charge in [0.15, 0.2) is 0 Å². The van der Waals surface area contributed by atoms with Crippen LogP contribution in [0.2, 0.25) is 5.02 Å². The number of hydrogen-bond donors (Lipinski definition) is 0. The maximum Gasteiger partial charge on any atom is 0.206 e. The number of aromatic nitrogens is 1. The summed E-state index contributed by atoms with van der Waals surface area (Å²) in [6.07, 6.45) is 1.80. The molecule has 3 nitrogen and oxygen atoms in total. The Labute approximate surface area is 183 Å². The molecule has 1 heterocycles. The second kappa shape index (κ2) is 9.27. The van der Waals surface area contributed by atoms with E-state index in [2.05, 4.69) is 59.0 Å². The average Bonchev–Trinajstić information content (AvgIpc) is 3.25. The Morgan fingerprint density at radius 3 is 2.34 bits per heavy atom. The Morgan fingerprint density at radius 2 is 1.62 bits per heavy atom. The monoisotopic (exact) mass is 435 g/mol. The van der Waals surface area contributed by atoms with Crippen molar-refractivity contribution in [3.8, 4) is 11.3 Å². The van der Waals surface area contributed by atoms with Crippen molar-refractivity contribution in [1.82, 2.24) is 4.98 Å². The van der Waals surface area contributed by atoms with Gasteiger partial charge in [-0.05, 0) is 42.0 Å². The molecule has 0 saturated heterocycles. The van der Waals surface area contributed by atoms with E-state index in [4.69, 9.17) is 16.6 Å². The minimum Gasteiger partial charge on any atom is -0.242 e. The third kappa shape index (κ3) is 5.26. The molecule has 0 saturated carbocycles. The molecule has 0 aliphatic heterocycles. The Kier molecular flexibility index (Phi) is 6.30. The highest BCUT2D eigenvalue weighted by molar-refractivity contribution is 7.99. The molecule has 3 aromatic carbocycles. The number of hydrazone groups is 1. The van der Waals surface area contributed by atoms with Crippen LogP contribution in [-0.4, -0.2) is 18.2 Å².